The predicted molar refractivity (Wildman–Crippen MR) is 113 cm³/mol. The van der Waals surface area contributed by atoms with Crippen LogP contribution in [-0.4, -0.2) is 59.2 Å². The highest BCUT2D eigenvalue weighted by Gasteiger charge is 2.25. The van der Waals surface area contributed by atoms with E-state index < -0.39 is 30.3 Å². The number of aromatic nitrogens is 6. The zero-order valence-corrected chi connectivity index (χ0v) is 17.4. The van der Waals surface area contributed by atoms with Crippen molar-refractivity contribution in [2.75, 3.05) is 0 Å². The van der Waals surface area contributed by atoms with Crippen molar-refractivity contribution >= 4 is 42.4 Å². The Kier molecular flexibility index (Phi) is 9.05. The maximum Gasteiger partial charge on any atom is 0.408 e. The number of benzene rings is 1. The number of tetrazole rings is 1. The van der Waals surface area contributed by atoms with Gasteiger partial charge in [0.15, 0.2) is 11.6 Å². The number of alkyl carbamates (subject to hydrolysis) is 1. The molecule has 32 heavy (non-hydrogen) atoms. The molecule has 0 aliphatic carbocycles. The molecular weight excluding hydrogens is 442 g/mol. The normalized spacial score (nSPS) is 11.5. The van der Waals surface area contributed by atoms with Gasteiger partial charge < -0.3 is 20.1 Å². The molecular formula is C19H20ClN7O5. The Morgan fingerprint density at radius 2 is 2.00 bits per heavy atom. The number of carboxylic acid groups (broad SMARTS) is 1. The molecule has 12 nitrogen and oxygen atoms in total. The number of halogens is 1. The second-order valence-corrected chi connectivity index (χ2v) is 6.33. The lowest BCUT2D eigenvalue weighted by atomic mass is 10.1. The molecule has 0 fully saturated rings. The number of amides is 1. The lowest BCUT2D eigenvalue weighted by Gasteiger charge is -2.16. The highest BCUT2D eigenvalue weighted by atomic mass is 35.5. The number of carbonyl (C=O) groups excluding carboxylic acids is 2. The first-order valence-corrected chi connectivity index (χ1v) is 9.16. The first-order chi connectivity index (χ1) is 15.0. The van der Waals surface area contributed by atoms with Crippen LogP contribution in [-0.2, 0) is 27.5 Å². The minimum absolute atomic E-state index is 0. The fraction of sp³-hybridized carbons (Fsp3) is 0.211. The number of ketones is 1. The fourth-order valence-corrected chi connectivity index (χ4v) is 2.55. The smallest absolute Gasteiger partial charge is 0.408 e. The van der Waals surface area contributed by atoms with Crippen LogP contribution in [0.2, 0.25) is 0 Å². The van der Waals surface area contributed by atoms with Crippen molar-refractivity contribution in [1.82, 2.24) is 35.5 Å². The number of Topliss-reactive ketones (excluding diaryl/α,β-unsaturated/α-hetero) is 1. The monoisotopic (exact) mass is 461 g/mol. The molecule has 0 aliphatic rings. The third kappa shape index (κ3) is 7.32. The van der Waals surface area contributed by atoms with Crippen molar-refractivity contribution in [3.05, 3.63) is 59.9 Å². The summed E-state index contributed by atoms with van der Waals surface area (Å²) in [6.45, 7) is -0.364. The average Bonchev–Trinajstić information content (AvgIpc) is 3.42. The minimum Gasteiger partial charge on any atom is -0.481 e. The van der Waals surface area contributed by atoms with Gasteiger partial charge in [-0.25, -0.2) is 14.5 Å². The Bertz CT molecular complexity index is 1050. The number of rotatable bonds is 10. The van der Waals surface area contributed by atoms with Gasteiger partial charge in [-0.3, -0.25) is 9.59 Å². The minimum atomic E-state index is -1.31. The van der Waals surface area contributed by atoms with Gasteiger partial charge in [0, 0.05) is 12.4 Å². The number of nitrogens with zero attached hydrogens (tertiary/aromatic N) is 5. The quantitative estimate of drug-likeness (QED) is 0.403. The summed E-state index contributed by atoms with van der Waals surface area (Å²) >= 11 is 0. The zero-order valence-electron chi connectivity index (χ0n) is 16.6. The molecule has 0 radical (unpaired) electrons. The Labute approximate surface area is 188 Å². The number of nitrogens with one attached hydrogen (secondary N) is 2. The molecule has 2 heterocycles. The number of ether oxygens (including phenoxy) is 1. The van der Waals surface area contributed by atoms with Gasteiger partial charge in [0.1, 0.15) is 25.0 Å². The average molecular weight is 462 g/mol. The highest BCUT2D eigenvalue weighted by Crippen LogP contribution is 2.05. The van der Waals surface area contributed by atoms with Gasteiger partial charge in [-0.15, -0.1) is 17.5 Å². The molecule has 0 bridgehead atoms. The van der Waals surface area contributed by atoms with Crippen LogP contribution in [0.15, 0.2) is 42.7 Å². The van der Waals surface area contributed by atoms with Crippen molar-refractivity contribution in [1.29, 1.82) is 0 Å². The van der Waals surface area contributed by atoms with Crippen LogP contribution in [0.25, 0.3) is 12.2 Å². The summed E-state index contributed by atoms with van der Waals surface area (Å²) < 4.78 is 6.25. The standard InChI is InChI=1S/C19H19N7O5.ClH/c27-15(11-26-17(23-24-25-26)7-6-16-20-8-9-21-16)14(10-18(28)29)22-19(30)31-12-13-4-2-1-3-5-13;/h1-9,14H,10-12H2,(H,20,21)(H,22,30)(H,28,29);1H. The van der Waals surface area contributed by atoms with Crippen LogP contribution in [0.4, 0.5) is 4.79 Å². The molecule has 0 saturated carbocycles. The maximum absolute atomic E-state index is 12.6. The van der Waals surface area contributed by atoms with Crippen LogP contribution in [0.1, 0.15) is 23.6 Å². The van der Waals surface area contributed by atoms with E-state index in [1.54, 1.807) is 48.8 Å². The fourth-order valence-electron chi connectivity index (χ4n) is 2.55. The Hall–Kier alpha value is -4.06. The van der Waals surface area contributed by atoms with Crippen LogP contribution in [0, 0.1) is 0 Å². The Morgan fingerprint density at radius 1 is 1.22 bits per heavy atom. The summed E-state index contributed by atoms with van der Waals surface area (Å²) in [6.07, 6.45) is 4.86. The number of carboxylic acids is 1. The molecule has 1 aromatic carbocycles. The summed E-state index contributed by atoms with van der Waals surface area (Å²) in [5.41, 5.74) is 0.750. The summed E-state index contributed by atoms with van der Waals surface area (Å²) in [7, 11) is 0. The van der Waals surface area contributed by atoms with Crippen molar-refractivity contribution in [2.24, 2.45) is 0 Å². The third-order valence-electron chi connectivity index (χ3n) is 4.05. The van der Waals surface area contributed by atoms with E-state index in [9.17, 15) is 14.4 Å². The number of imidazole rings is 1. The molecule has 3 aromatic rings. The first kappa shape index (κ1) is 24.2. The molecule has 3 N–H and O–H groups in total. The summed E-state index contributed by atoms with van der Waals surface area (Å²) in [6, 6.07) is 7.62. The number of carbonyl (C=O) groups is 3. The molecule has 168 valence electrons. The number of H-pyrrole nitrogens is 1. The van der Waals surface area contributed by atoms with E-state index in [0.717, 1.165) is 5.56 Å². The van der Waals surface area contributed by atoms with Crippen LogP contribution < -0.4 is 5.32 Å². The van der Waals surface area contributed by atoms with Crippen LogP contribution in [0.3, 0.4) is 0 Å². The van der Waals surface area contributed by atoms with Gasteiger partial charge in [-0.1, -0.05) is 30.3 Å². The van der Waals surface area contributed by atoms with E-state index in [2.05, 4.69) is 30.8 Å². The van der Waals surface area contributed by atoms with Crippen molar-refractivity contribution in [3.63, 3.8) is 0 Å². The van der Waals surface area contributed by atoms with Crippen molar-refractivity contribution in [2.45, 2.75) is 25.6 Å². The SMILES string of the molecule is Cl.O=C(O)CC(NC(=O)OCc1ccccc1)C(=O)Cn1nnnc1C=Cc1ncc[nH]1. The molecule has 1 unspecified atom stereocenters. The lowest BCUT2D eigenvalue weighted by molar-refractivity contribution is -0.139. The topological polar surface area (TPSA) is 165 Å². The second kappa shape index (κ2) is 12.0. The van der Waals surface area contributed by atoms with E-state index in [1.807, 2.05) is 6.07 Å². The van der Waals surface area contributed by atoms with E-state index >= 15 is 0 Å². The van der Waals surface area contributed by atoms with Gasteiger partial charge in [0.05, 0.1) is 6.42 Å². The zero-order chi connectivity index (χ0) is 22.1. The van der Waals surface area contributed by atoms with E-state index in [1.165, 1.54) is 4.68 Å². The Balaban J connectivity index is 0.00000363. The van der Waals surface area contributed by atoms with Gasteiger partial charge in [-0.2, -0.15) is 0 Å². The largest absolute Gasteiger partial charge is 0.481 e. The van der Waals surface area contributed by atoms with E-state index in [-0.39, 0.29) is 31.4 Å². The third-order valence-corrected chi connectivity index (χ3v) is 4.05. The molecule has 2 aromatic heterocycles. The van der Waals surface area contributed by atoms with E-state index in [0.29, 0.717) is 5.82 Å². The highest BCUT2D eigenvalue weighted by molar-refractivity contribution is 5.90. The van der Waals surface area contributed by atoms with Crippen molar-refractivity contribution in [3.8, 4) is 0 Å². The maximum atomic E-state index is 12.6. The van der Waals surface area contributed by atoms with Gasteiger partial charge >= 0.3 is 12.1 Å². The molecule has 0 spiro atoms. The van der Waals surface area contributed by atoms with Crippen molar-refractivity contribution < 1.29 is 24.2 Å². The predicted octanol–water partition coefficient (Wildman–Crippen LogP) is 1.33. The second-order valence-electron chi connectivity index (χ2n) is 6.33. The molecule has 3 rings (SSSR count). The van der Waals surface area contributed by atoms with Crippen LogP contribution in [0.5, 0.6) is 0 Å². The molecule has 1 atom stereocenters. The number of aliphatic carboxylic acids is 1. The van der Waals surface area contributed by atoms with Gasteiger partial charge in [0.25, 0.3) is 0 Å². The number of aromatic amines is 1. The van der Waals surface area contributed by atoms with Gasteiger partial charge in [-0.05, 0) is 28.1 Å². The van der Waals surface area contributed by atoms with Crippen LogP contribution >= 0.6 is 12.4 Å². The lowest BCUT2D eigenvalue weighted by Crippen LogP contribution is -2.44. The summed E-state index contributed by atoms with van der Waals surface area (Å²) in [5, 5.41) is 22.5. The Morgan fingerprint density at radius 3 is 2.69 bits per heavy atom. The molecule has 0 aliphatic heterocycles. The summed E-state index contributed by atoms with van der Waals surface area (Å²) in [5.74, 6) is -1.03. The molecule has 0 saturated heterocycles. The van der Waals surface area contributed by atoms with E-state index in [4.69, 9.17) is 9.84 Å². The first-order valence-electron chi connectivity index (χ1n) is 9.16. The molecule has 13 heteroatoms. The number of hydrogen-bond donors (Lipinski definition) is 3. The van der Waals surface area contributed by atoms with Gasteiger partial charge in [0.2, 0.25) is 0 Å². The number of hydrogen-bond acceptors (Lipinski definition) is 8. The summed E-state index contributed by atoms with van der Waals surface area (Å²) in [4.78, 5) is 42.8. The molecule has 1 amide bonds.